The maximum Gasteiger partial charge on any atom is 0.0406 e. The molecule has 0 saturated carbocycles. The number of nitrogens with zero attached hydrogens (tertiary/aromatic N) is 1. The van der Waals surface area contributed by atoms with E-state index in [0.717, 1.165) is 11.4 Å². The minimum Gasteiger partial charge on any atom is -0.302 e. The van der Waals surface area contributed by atoms with Gasteiger partial charge in [0.05, 0.1) is 0 Å². The summed E-state index contributed by atoms with van der Waals surface area (Å²) in [6.45, 7) is 8.61. The van der Waals surface area contributed by atoms with Gasteiger partial charge in [-0.05, 0) is 44.1 Å². The molecule has 0 aromatic heterocycles. The van der Waals surface area contributed by atoms with Crippen LogP contribution in [0.5, 0.6) is 0 Å². The van der Waals surface area contributed by atoms with Gasteiger partial charge in [-0.1, -0.05) is 49.7 Å². The maximum absolute atomic E-state index is 5.90. The number of hydrogen-bond donors (Lipinski definition) is 0. The fourth-order valence-corrected chi connectivity index (χ4v) is 2.00. The molecule has 0 aliphatic rings. The molecular weight excluding hydrogens is 230 g/mol. The number of hydrogen-bond acceptors (Lipinski definition) is 1. The summed E-state index contributed by atoms with van der Waals surface area (Å²) in [7, 11) is 4.21. The van der Waals surface area contributed by atoms with Crippen molar-refractivity contribution in [3.63, 3.8) is 0 Å². The van der Waals surface area contributed by atoms with Crippen LogP contribution in [0.1, 0.15) is 19.4 Å². The number of halogens is 1. The van der Waals surface area contributed by atoms with Crippen LogP contribution in [0.2, 0.25) is 5.02 Å². The van der Waals surface area contributed by atoms with Crippen molar-refractivity contribution >= 4 is 11.6 Å². The molecule has 1 atom stereocenters. The van der Waals surface area contributed by atoms with E-state index in [-0.39, 0.29) is 0 Å². The van der Waals surface area contributed by atoms with E-state index in [1.54, 1.807) is 0 Å². The van der Waals surface area contributed by atoms with Gasteiger partial charge in [0.25, 0.3) is 0 Å². The van der Waals surface area contributed by atoms with E-state index < -0.39 is 0 Å². The average molecular weight is 252 g/mol. The highest BCUT2D eigenvalue weighted by Gasteiger charge is 2.17. The number of benzene rings is 1. The lowest BCUT2D eigenvalue weighted by Gasteiger charge is -2.28. The van der Waals surface area contributed by atoms with Crippen molar-refractivity contribution < 1.29 is 0 Å². The lowest BCUT2D eigenvalue weighted by atomic mass is 9.92. The highest BCUT2D eigenvalue weighted by Crippen LogP contribution is 2.20. The normalized spacial score (nSPS) is 13.1. The highest BCUT2D eigenvalue weighted by atomic mass is 35.5. The molecule has 0 N–H and O–H groups in total. The van der Waals surface area contributed by atoms with Gasteiger partial charge in [0.2, 0.25) is 0 Å². The van der Waals surface area contributed by atoms with Crippen molar-refractivity contribution in [1.29, 1.82) is 0 Å². The minimum absolute atomic E-state index is 0.385. The van der Waals surface area contributed by atoms with Crippen LogP contribution in [0.25, 0.3) is 0 Å². The smallest absolute Gasteiger partial charge is 0.0406 e. The standard InChI is InChI=1S/C15H22ClN/c1-11(2)12(3)15(17(4)5)10-13-6-8-14(16)9-7-13/h6-9,11,15H,3,10H2,1-2,4-5H3/t15-/m1/s1. The lowest BCUT2D eigenvalue weighted by Crippen LogP contribution is -2.33. The second-order valence-corrected chi connectivity index (χ2v) is 5.48. The van der Waals surface area contributed by atoms with Crippen molar-refractivity contribution in [1.82, 2.24) is 4.90 Å². The van der Waals surface area contributed by atoms with Gasteiger partial charge in [-0.25, -0.2) is 0 Å². The summed E-state index contributed by atoms with van der Waals surface area (Å²) in [5, 5.41) is 0.790. The van der Waals surface area contributed by atoms with Crippen molar-refractivity contribution in [2.75, 3.05) is 14.1 Å². The van der Waals surface area contributed by atoms with Gasteiger partial charge in [0, 0.05) is 11.1 Å². The van der Waals surface area contributed by atoms with Gasteiger partial charge in [0.1, 0.15) is 0 Å². The third-order valence-electron chi connectivity index (χ3n) is 3.14. The van der Waals surface area contributed by atoms with Crippen LogP contribution in [-0.4, -0.2) is 25.0 Å². The highest BCUT2D eigenvalue weighted by molar-refractivity contribution is 6.30. The van der Waals surface area contributed by atoms with Gasteiger partial charge in [-0.2, -0.15) is 0 Å². The SMILES string of the molecule is C=C(C(C)C)[C@@H](Cc1ccc(Cl)cc1)N(C)C. The zero-order valence-corrected chi connectivity index (χ0v) is 12.0. The summed E-state index contributed by atoms with van der Waals surface area (Å²) in [6, 6.07) is 8.46. The topological polar surface area (TPSA) is 3.24 Å². The van der Waals surface area contributed by atoms with Crippen LogP contribution in [-0.2, 0) is 6.42 Å². The van der Waals surface area contributed by atoms with E-state index in [1.807, 2.05) is 12.1 Å². The van der Waals surface area contributed by atoms with Gasteiger partial charge >= 0.3 is 0 Å². The molecule has 0 fully saturated rings. The van der Waals surface area contributed by atoms with E-state index >= 15 is 0 Å². The van der Waals surface area contributed by atoms with Crippen LogP contribution >= 0.6 is 11.6 Å². The monoisotopic (exact) mass is 251 g/mol. The zero-order valence-electron chi connectivity index (χ0n) is 11.2. The molecule has 0 saturated heterocycles. The molecule has 94 valence electrons. The number of likely N-dealkylation sites (N-methyl/N-ethyl adjacent to an activating group) is 1. The Balaban J connectivity index is 2.80. The van der Waals surface area contributed by atoms with Crippen LogP contribution in [0, 0.1) is 5.92 Å². The third-order valence-corrected chi connectivity index (χ3v) is 3.39. The van der Waals surface area contributed by atoms with Gasteiger partial charge in [-0.3, -0.25) is 0 Å². The Bertz CT molecular complexity index is 365. The molecule has 0 bridgehead atoms. The molecule has 1 nitrogen and oxygen atoms in total. The molecule has 1 rings (SSSR count). The second kappa shape index (κ2) is 6.23. The van der Waals surface area contributed by atoms with Crippen LogP contribution in [0.4, 0.5) is 0 Å². The van der Waals surface area contributed by atoms with Crippen LogP contribution < -0.4 is 0 Å². The Kier molecular flexibility index (Phi) is 5.23. The molecule has 0 aliphatic carbocycles. The summed E-state index contributed by atoms with van der Waals surface area (Å²) in [4.78, 5) is 2.23. The largest absolute Gasteiger partial charge is 0.302 e. The van der Waals surface area contributed by atoms with E-state index in [2.05, 4.69) is 51.6 Å². The summed E-state index contributed by atoms with van der Waals surface area (Å²) >= 11 is 5.90. The molecule has 0 radical (unpaired) electrons. The first kappa shape index (κ1) is 14.3. The fourth-order valence-electron chi connectivity index (χ4n) is 1.87. The summed E-state index contributed by atoms with van der Waals surface area (Å²) in [6.07, 6.45) is 0.987. The molecule has 0 amide bonds. The van der Waals surface area contributed by atoms with Gasteiger partial charge < -0.3 is 4.90 Å². The van der Waals surface area contributed by atoms with Crippen molar-refractivity contribution in [2.24, 2.45) is 5.92 Å². The van der Waals surface area contributed by atoms with Crippen LogP contribution in [0.3, 0.4) is 0 Å². The Labute approximate surface area is 110 Å². The molecule has 1 aromatic rings. The molecule has 17 heavy (non-hydrogen) atoms. The van der Waals surface area contributed by atoms with Gasteiger partial charge in [-0.15, -0.1) is 0 Å². The average Bonchev–Trinajstić information content (AvgIpc) is 2.26. The quantitative estimate of drug-likeness (QED) is 0.715. The molecular formula is C15H22ClN. The first-order chi connectivity index (χ1) is 7.91. The second-order valence-electron chi connectivity index (χ2n) is 5.04. The Hall–Kier alpha value is -0.790. The van der Waals surface area contributed by atoms with Crippen molar-refractivity contribution in [3.05, 3.63) is 47.0 Å². The van der Waals surface area contributed by atoms with Crippen LogP contribution in [0.15, 0.2) is 36.4 Å². The van der Waals surface area contributed by atoms with E-state index in [4.69, 9.17) is 11.6 Å². The molecule has 0 aliphatic heterocycles. The Morgan fingerprint density at radius 3 is 2.18 bits per heavy atom. The van der Waals surface area contributed by atoms with E-state index in [0.29, 0.717) is 12.0 Å². The first-order valence-electron chi connectivity index (χ1n) is 6.01. The lowest BCUT2D eigenvalue weighted by molar-refractivity contribution is 0.313. The molecule has 1 aromatic carbocycles. The van der Waals surface area contributed by atoms with Crippen molar-refractivity contribution in [2.45, 2.75) is 26.3 Å². The minimum atomic E-state index is 0.385. The molecule has 0 unspecified atom stereocenters. The predicted octanol–water partition coefficient (Wildman–Crippen LogP) is 4.02. The fraction of sp³-hybridized carbons (Fsp3) is 0.467. The Morgan fingerprint density at radius 1 is 1.24 bits per heavy atom. The van der Waals surface area contributed by atoms with E-state index in [1.165, 1.54) is 11.1 Å². The number of rotatable bonds is 5. The third kappa shape index (κ3) is 4.18. The molecule has 0 spiro atoms. The summed E-state index contributed by atoms with van der Waals surface area (Å²) < 4.78 is 0. The zero-order chi connectivity index (χ0) is 13.0. The Morgan fingerprint density at radius 2 is 1.76 bits per heavy atom. The summed E-state index contributed by atoms with van der Waals surface area (Å²) in [5.74, 6) is 0.509. The first-order valence-corrected chi connectivity index (χ1v) is 6.39. The van der Waals surface area contributed by atoms with E-state index in [9.17, 15) is 0 Å². The maximum atomic E-state index is 5.90. The summed E-state index contributed by atoms with van der Waals surface area (Å²) in [5.41, 5.74) is 2.58. The van der Waals surface area contributed by atoms with Gasteiger partial charge in [0.15, 0.2) is 0 Å². The van der Waals surface area contributed by atoms with Crippen molar-refractivity contribution in [3.8, 4) is 0 Å². The predicted molar refractivity (Wildman–Crippen MR) is 76.6 cm³/mol. The molecule has 2 heteroatoms. The molecule has 0 heterocycles.